The molecule has 0 radical (unpaired) electrons. The summed E-state index contributed by atoms with van der Waals surface area (Å²) in [5.41, 5.74) is 0.947. The van der Waals surface area contributed by atoms with Crippen molar-refractivity contribution in [3.63, 3.8) is 0 Å². The van der Waals surface area contributed by atoms with E-state index in [9.17, 15) is 13.2 Å². The van der Waals surface area contributed by atoms with E-state index in [-0.39, 0.29) is 5.76 Å². The number of carbonyl (C=O) groups is 1. The number of benzene rings is 1. The van der Waals surface area contributed by atoms with E-state index < -0.39 is 16.4 Å². The maximum Gasteiger partial charge on any atom is 0.327 e. The molecule has 0 aromatic heterocycles. The summed E-state index contributed by atoms with van der Waals surface area (Å²) in [4.78, 5) is 11.3. The number of amides is 1. The fourth-order valence-corrected chi connectivity index (χ4v) is 1.60. The van der Waals surface area contributed by atoms with Crippen LogP contribution < -0.4 is 4.74 Å². The van der Waals surface area contributed by atoms with Crippen LogP contribution in [0.4, 0.5) is 0 Å². The van der Waals surface area contributed by atoms with Crippen molar-refractivity contribution in [3.05, 3.63) is 41.7 Å². The van der Waals surface area contributed by atoms with Crippen LogP contribution in [0.2, 0.25) is 0 Å². The minimum atomic E-state index is -2.75. The standard InChI is InChI=1S/C10H7NO4S/c12-10(11-16(13)14)9-6-5-7-3-1-2-4-8(7)15-9/h1-4,6H,5H2. The summed E-state index contributed by atoms with van der Waals surface area (Å²) in [6, 6.07) is 7.22. The second kappa shape index (κ2) is 4.28. The summed E-state index contributed by atoms with van der Waals surface area (Å²) < 4.78 is 28.6. The molecule has 1 aliphatic heterocycles. The first-order valence-electron chi connectivity index (χ1n) is 4.48. The van der Waals surface area contributed by atoms with Gasteiger partial charge in [0.15, 0.2) is 5.76 Å². The Balaban J connectivity index is 2.28. The van der Waals surface area contributed by atoms with E-state index in [0.717, 1.165) is 5.56 Å². The number of fused-ring (bicyclic) bond motifs is 1. The number of nitrogens with zero attached hydrogens (tertiary/aromatic N) is 1. The van der Waals surface area contributed by atoms with Crippen molar-refractivity contribution in [2.45, 2.75) is 6.42 Å². The van der Waals surface area contributed by atoms with Crippen LogP contribution in [0.5, 0.6) is 5.75 Å². The van der Waals surface area contributed by atoms with Gasteiger partial charge in [-0.05, 0) is 24.1 Å². The van der Waals surface area contributed by atoms with Gasteiger partial charge in [0.05, 0.1) is 0 Å². The molecule has 1 aliphatic rings. The highest BCUT2D eigenvalue weighted by atomic mass is 32.2. The first-order chi connectivity index (χ1) is 7.66. The van der Waals surface area contributed by atoms with E-state index in [4.69, 9.17) is 4.74 Å². The van der Waals surface area contributed by atoms with Gasteiger partial charge >= 0.3 is 16.4 Å². The van der Waals surface area contributed by atoms with Crippen LogP contribution in [0, 0.1) is 0 Å². The SMILES string of the molecule is O=C(N=S(=O)=O)C1=CCc2ccccc2O1. The summed E-state index contributed by atoms with van der Waals surface area (Å²) in [5, 5.41) is 0. The van der Waals surface area contributed by atoms with E-state index in [1.54, 1.807) is 12.1 Å². The molecule has 82 valence electrons. The summed E-state index contributed by atoms with van der Waals surface area (Å²) in [7, 11) is -2.75. The van der Waals surface area contributed by atoms with Gasteiger partial charge in [0.2, 0.25) is 0 Å². The minimum absolute atomic E-state index is 0.0529. The van der Waals surface area contributed by atoms with E-state index in [2.05, 4.69) is 4.36 Å². The number of rotatable bonds is 1. The fraction of sp³-hybridized carbons (Fsp3) is 0.100. The highest BCUT2D eigenvalue weighted by Gasteiger charge is 2.17. The molecular formula is C10H7NO4S. The number of ether oxygens (including phenoxy) is 1. The van der Waals surface area contributed by atoms with Gasteiger partial charge in [-0.3, -0.25) is 4.79 Å². The van der Waals surface area contributed by atoms with Crippen molar-refractivity contribution in [3.8, 4) is 5.75 Å². The van der Waals surface area contributed by atoms with Gasteiger partial charge in [-0.15, -0.1) is 0 Å². The topological polar surface area (TPSA) is 72.8 Å². The molecule has 1 aromatic carbocycles. The zero-order chi connectivity index (χ0) is 11.5. The third-order valence-corrected chi connectivity index (χ3v) is 2.38. The lowest BCUT2D eigenvalue weighted by Crippen LogP contribution is -2.11. The Morgan fingerprint density at radius 1 is 1.31 bits per heavy atom. The van der Waals surface area contributed by atoms with Gasteiger partial charge < -0.3 is 4.74 Å². The second-order valence-corrected chi connectivity index (χ2v) is 3.71. The summed E-state index contributed by atoms with van der Waals surface area (Å²) in [5.74, 6) is -0.383. The molecule has 0 fully saturated rings. The van der Waals surface area contributed by atoms with Crippen molar-refractivity contribution in [1.82, 2.24) is 0 Å². The van der Waals surface area contributed by atoms with Gasteiger partial charge in [-0.2, -0.15) is 8.42 Å². The maximum absolute atomic E-state index is 11.3. The molecule has 6 heteroatoms. The molecule has 0 atom stereocenters. The van der Waals surface area contributed by atoms with E-state index >= 15 is 0 Å². The first kappa shape index (κ1) is 10.6. The van der Waals surface area contributed by atoms with Crippen molar-refractivity contribution >= 4 is 16.4 Å². The first-order valence-corrected chi connectivity index (χ1v) is 5.51. The van der Waals surface area contributed by atoms with Gasteiger partial charge in [-0.1, -0.05) is 22.6 Å². The molecule has 0 N–H and O–H groups in total. The summed E-state index contributed by atoms with van der Waals surface area (Å²) >= 11 is 0. The van der Waals surface area contributed by atoms with Gasteiger partial charge in [0.1, 0.15) is 5.75 Å². The van der Waals surface area contributed by atoms with Crippen molar-refractivity contribution < 1.29 is 17.9 Å². The Morgan fingerprint density at radius 2 is 2.06 bits per heavy atom. The van der Waals surface area contributed by atoms with Gasteiger partial charge in [0.25, 0.3) is 0 Å². The van der Waals surface area contributed by atoms with E-state index in [1.165, 1.54) is 6.08 Å². The van der Waals surface area contributed by atoms with Crippen molar-refractivity contribution in [2.24, 2.45) is 4.36 Å². The molecule has 16 heavy (non-hydrogen) atoms. The van der Waals surface area contributed by atoms with Gasteiger partial charge in [-0.25, -0.2) is 0 Å². The number of carbonyl (C=O) groups excluding carboxylic acids is 1. The number of para-hydroxylation sites is 1. The Bertz CT molecular complexity index is 593. The lowest BCUT2D eigenvalue weighted by atomic mass is 10.1. The number of hydrogen-bond donors (Lipinski definition) is 0. The third-order valence-electron chi connectivity index (χ3n) is 2.07. The predicted octanol–water partition coefficient (Wildman–Crippen LogP) is 1.09. The van der Waals surface area contributed by atoms with Gasteiger partial charge in [0, 0.05) is 0 Å². The van der Waals surface area contributed by atoms with E-state index in [0.29, 0.717) is 12.2 Å². The van der Waals surface area contributed by atoms with Crippen LogP contribution in [0.15, 0.2) is 40.5 Å². The molecule has 0 bridgehead atoms. The average Bonchev–Trinajstić information content (AvgIpc) is 2.27. The molecule has 0 unspecified atom stereocenters. The quantitative estimate of drug-likeness (QED) is 0.733. The Morgan fingerprint density at radius 3 is 2.81 bits per heavy atom. The molecule has 0 spiro atoms. The zero-order valence-electron chi connectivity index (χ0n) is 8.08. The van der Waals surface area contributed by atoms with Crippen LogP contribution >= 0.6 is 0 Å². The minimum Gasteiger partial charge on any atom is -0.451 e. The average molecular weight is 237 g/mol. The molecular weight excluding hydrogens is 230 g/mol. The van der Waals surface area contributed by atoms with Crippen molar-refractivity contribution in [1.29, 1.82) is 0 Å². The smallest absolute Gasteiger partial charge is 0.327 e. The van der Waals surface area contributed by atoms with Crippen LogP contribution in [0.1, 0.15) is 5.56 Å². The Hall–Kier alpha value is -1.95. The number of allylic oxidation sites excluding steroid dienone is 1. The van der Waals surface area contributed by atoms with Crippen molar-refractivity contribution in [2.75, 3.05) is 0 Å². The van der Waals surface area contributed by atoms with Crippen LogP contribution in [0.3, 0.4) is 0 Å². The highest BCUT2D eigenvalue weighted by molar-refractivity contribution is 7.62. The number of hydrogen-bond acceptors (Lipinski definition) is 4. The molecule has 5 nitrogen and oxygen atoms in total. The predicted molar refractivity (Wildman–Crippen MR) is 55.2 cm³/mol. The summed E-state index contributed by atoms with van der Waals surface area (Å²) in [6.45, 7) is 0. The molecule has 1 aromatic rings. The Kier molecular flexibility index (Phi) is 2.82. The second-order valence-electron chi connectivity index (χ2n) is 3.10. The largest absolute Gasteiger partial charge is 0.451 e. The third kappa shape index (κ3) is 2.17. The Labute approximate surface area is 93.1 Å². The summed E-state index contributed by atoms with van der Waals surface area (Å²) in [6.07, 6.45) is 2.04. The molecule has 0 saturated carbocycles. The van der Waals surface area contributed by atoms with Crippen LogP contribution in [0.25, 0.3) is 0 Å². The highest BCUT2D eigenvalue weighted by Crippen LogP contribution is 2.25. The monoisotopic (exact) mass is 237 g/mol. The molecule has 1 heterocycles. The lowest BCUT2D eigenvalue weighted by Gasteiger charge is -2.14. The molecule has 2 rings (SSSR count). The van der Waals surface area contributed by atoms with E-state index in [1.807, 2.05) is 12.1 Å². The fourth-order valence-electron chi connectivity index (χ4n) is 1.38. The molecule has 0 saturated heterocycles. The molecule has 0 aliphatic carbocycles. The molecule has 1 amide bonds. The maximum atomic E-state index is 11.3. The van der Waals surface area contributed by atoms with Crippen LogP contribution in [-0.4, -0.2) is 14.3 Å². The zero-order valence-corrected chi connectivity index (χ0v) is 8.90. The lowest BCUT2D eigenvalue weighted by molar-refractivity contribution is -0.116. The normalized spacial score (nSPS) is 13.1. The van der Waals surface area contributed by atoms with Crippen LogP contribution in [-0.2, 0) is 21.7 Å².